The number of anilines is 1. The molecular weight excluding hydrogens is 306 g/mol. The van der Waals surface area contributed by atoms with Crippen LogP contribution in [0, 0.1) is 6.92 Å². The zero-order valence-electron chi connectivity index (χ0n) is 13.3. The van der Waals surface area contributed by atoms with E-state index in [2.05, 4.69) is 0 Å². The van der Waals surface area contributed by atoms with Crippen molar-refractivity contribution in [2.75, 3.05) is 23.0 Å². The zero-order chi connectivity index (χ0) is 16.1. The molecule has 1 aliphatic rings. The summed E-state index contributed by atoms with van der Waals surface area (Å²) < 4.78 is 5.71. The summed E-state index contributed by atoms with van der Waals surface area (Å²) in [5.41, 5.74) is 2.08. The number of ether oxygens (including phenoxy) is 1. The first-order chi connectivity index (χ1) is 11.2. The van der Waals surface area contributed by atoms with E-state index in [9.17, 15) is 4.79 Å². The summed E-state index contributed by atoms with van der Waals surface area (Å²) >= 11 is 1.90. The van der Waals surface area contributed by atoms with Gasteiger partial charge in [-0.05, 0) is 48.9 Å². The quantitative estimate of drug-likeness (QED) is 0.834. The Kier molecular flexibility index (Phi) is 5.23. The van der Waals surface area contributed by atoms with Gasteiger partial charge in [-0.25, -0.2) is 0 Å². The number of carbonyl (C=O) groups is 1. The first-order valence-electron chi connectivity index (χ1n) is 7.88. The molecular formula is C19H21NO2S. The van der Waals surface area contributed by atoms with E-state index in [1.54, 1.807) is 0 Å². The van der Waals surface area contributed by atoms with Crippen molar-refractivity contribution in [2.24, 2.45) is 0 Å². The lowest BCUT2D eigenvalue weighted by atomic mass is 10.2. The first kappa shape index (κ1) is 15.9. The van der Waals surface area contributed by atoms with Crippen LogP contribution in [0.5, 0.6) is 5.75 Å². The van der Waals surface area contributed by atoms with Crippen LogP contribution >= 0.6 is 11.8 Å². The molecule has 120 valence electrons. The molecule has 0 saturated carbocycles. The summed E-state index contributed by atoms with van der Waals surface area (Å²) in [6.45, 7) is 2.08. The topological polar surface area (TPSA) is 29.5 Å². The minimum absolute atomic E-state index is 0.0187. The molecule has 23 heavy (non-hydrogen) atoms. The van der Waals surface area contributed by atoms with Gasteiger partial charge in [-0.1, -0.05) is 30.3 Å². The largest absolute Gasteiger partial charge is 0.484 e. The molecule has 0 radical (unpaired) electrons. The second-order valence-corrected chi connectivity index (χ2v) is 6.87. The Morgan fingerprint density at radius 2 is 2.04 bits per heavy atom. The molecule has 0 aliphatic carbocycles. The number of para-hydroxylation sites is 1. The highest BCUT2D eigenvalue weighted by atomic mass is 32.2. The van der Waals surface area contributed by atoms with E-state index in [0.29, 0.717) is 0 Å². The van der Waals surface area contributed by atoms with Crippen molar-refractivity contribution in [1.82, 2.24) is 0 Å². The van der Waals surface area contributed by atoms with Crippen LogP contribution in [0.3, 0.4) is 0 Å². The van der Waals surface area contributed by atoms with Gasteiger partial charge in [0.1, 0.15) is 5.75 Å². The van der Waals surface area contributed by atoms with Crippen molar-refractivity contribution < 1.29 is 9.53 Å². The first-order valence-corrected chi connectivity index (χ1v) is 9.04. The molecule has 1 amide bonds. The zero-order valence-corrected chi connectivity index (χ0v) is 14.1. The van der Waals surface area contributed by atoms with Gasteiger partial charge >= 0.3 is 0 Å². The maximum Gasteiger partial charge on any atom is 0.265 e. The van der Waals surface area contributed by atoms with Crippen molar-refractivity contribution >= 4 is 23.4 Å². The molecule has 2 aromatic carbocycles. The summed E-state index contributed by atoms with van der Waals surface area (Å²) in [6, 6.07) is 18.0. The van der Waals surface area contributed by atoms with Crippen LogP contribution in [0.15, 0.2) is 54.6 Å². The van der Waals surface area contributed by atoms with E-state index in [4.69, 9.17) is 4.74 Å². The van der Waals surface area contributed by atoms with Gasteiger partial charge in [0.15, 0.2) is 6.61 Å². The molecule has 1 atom stereocenters. The molecule has 1 heterocycles. The third-order valence-corrected chi connectivity index (χ3v) is 5.07. The monoisotopic (exact) mass is 327 g/mol. The van der Waals surface area contributed by atoms with Crippen molar-refractivity contribution in [3.8, 4) is 5.75 Å². The summed E-state index contributed by atoms with van der Waals surface area (Å²) in [5.74, 6) is 2.86. The third-order valence-electron chi connectivity index (χ3n) is 3.93. The number of amides is 1. The van der Waals surface area contributed by atoms with Crippen LogP contribution in [0.1, 0.15) is 12.0 Å². The molecule has 1 fully saturated rings. The summed E-state index contributed by atoms with van der Waals surface area (Å²) in [7, 11) is 0. The molecule has 1 aliphatic heterocycles. The number of thioether (sulfide) groups is 1. The number of rotatable bonds is 5. The van der Waals surface area contributed by atoms with E-state index in [1.807, 2.05) is 78.2 Å². The molecule has 2 aromatic rings. The Balaban J connectivity index is 1.72. The van der Waals surface area contributed by atoms with Crippen LogP contribution in [0.4, 0.5) is 5.69 Å². The van der Waals surface area contributed by atoms with Crippen molar-refractivity contribution in [2.45, 2.75) is 19.4 Å². The summed E-state index contributed by atoms with van der Waals surface area (Å²) in [4.78, 5) is 14.7. The molecule has 1 saturated heterocycles. The Bertz CT molecular complexity index is 653. The van der Waals surface area contributed by atoms with Gasteiger partial charge in [0.2, 0.25) is 0 Å². The fraction of sp³-hybridized carbons (Fsp3) is 0.316. The maximum absolute atomic E-state index is 12.8. The summed E-state index contributed by atoms with van der Waals surface area (Å²) in [6.07, 6.45) is 1.04. The number of nitrogens with zero attached hydrogens (tertiary/aromatic N) is 1. The third kappa shape index (κ3) is 4.08. The minimum atomic E-state index is 0.0187. The number of hydrogen-bond acceptors (Lipinski definition) is 3. The lowest BCUT2D eigenvalue weighted by Gasteiger charge is -2.28. The summed E-state index contributed by atoms with van der Waals surface area (Å²) in [5, 5.41) is 0. The number of aryl methyl sites for hydroxylation is 1. The van der Waals surface area contributed by atoms with Gasteiger partial charge < -0.3 is 9.64 Å². The fourth-order valence-corrected chi connectivity index (χ4v) is 3.99. The maximum atomic E-state index is 12.8. The normalized spacial score (nSPS) is 17.0. The Labute approximate surface area is 141 Å². The Hall–Kier alpha value is -1.94. The van der Waals surface area contributed by atoms with E-state index in [0.717, 1.165) is 34.9 Å². The predicted octanol–water partition coefficient (Wildman–Crippen LogP) is 3.91. The molecule has 3 nitrogen and oxygen atoms in total. The van der Waals surface area contributed by atoms with Crippen molar-refractivity contribution in [3.05, 3.63) is 60.2 Å². The van der Waals surface area contributed by atoms with Crippen LogP contribution in [-0.4, -0.2) is 30.1 Å². The Morgan fingerprint density at radius 1 is 1.22 bits per heavy atom. The number of benzene rings is 2. The van der Waals surface area contributed by atoms with Gasteiger partial charge in [-0.15, -0.1) is 0 Å². The molecule has 0 N–H and O–H groups in total. The lowest BCUT2D eigenvalue weighted by Crippen LogP contribution is -2.43. The van der Waals surface area contributed by atoms with Gasteiger partial charge in [0.25, 0.3) is 5.91 Å². The lowest BCUT2D eigenvalue weighted by molar-refractivity contribution is -0.121. The standard InChI is InChI=1S/C19H21NO2S/c1-15-6-5-9-18(12-15)22-13-19(21)20(17-10-11-23-14-17)16-7-3-2-4-8-16/h2-9,12,17H,10-11,13-14H2,1H3. The highest BCUT2D eigenvalue weighted by molar-refractivity contribution is 7.99. The second-order valence-electron chi connectivity index (χ2n) is 5.72. The predicted molar refractivity (Wildman–Crippen MR) is 96.3 cm³/mol. The van der Waals surface area contributed by atoms with Gasteiger partial charge in [-0.2, -0.15) is 11.8 Å². The second kappa shape index (κ2) is 7.55. The highest BCUT2D eigenvalue weighted by Crippen LogP contribution is 2.27. The molecule has 3 rings (SSSR count). The highest BCUT2D eigenvalue weighted by Gasteiger charge is 2.28. The van der Waals surface area contributed by atoms with Gasteiger partial charge in [0, 0.05) is 17.5 Å². The van der Waals surface area contributed by atoms with Crippen molar-refractivity contribution in [1.29, 1.82) is 0 Å². The average Bonchev–Trinajstić information content (AvgIpc) is 3.08. The van der Waals surface area contributed by atoms with Gasteiger partial charge in [0.05, 0.1) is 0 Å². The molecule has 4 heteroatoms. The molecule has 0 bridgehead atoms. The van der Waals surface area contributed by atoms with Crippen LogP contribution in [0.2, 0.25) is 0 Å². The van der Waals surface area contributed by atoms with E-state index < -0.39 is 0 Å². The average molecular weight is 327 g/mol. The Morgan fingerprint density at radius 3 is 2.74 bits per heavy atom. The molecule has 1 unspecified atom stereocenters. The fourth-order valence-electron chi connectivity index (χ4n) is 2.79. The SMILES string of the molecule is Cc1cccc(OCC(=O)N(c2ccccc2)C2CCSC2)c1. The number of hydrogen-bond donors (Lipinski definition) is 0. The molecule has 0 spiro atoms. The van der Waals surface area contributed by atoms with E-state index in [1.165, 1.54) is 0 Å². The molecule has 0 aromatic heterocycles. The van der Waals surface area contributed by atoms with Gasteiger partial charge in [-0.3, -0.25) is 4.79 Å². The smallest absolute Gasteiger partial charge is 0.265 e. The van der Waals surface area contributed by atoms with Crippen LogP contribution in [-0.2, 0) is 4.79 Å². The van der Waals surface area contributed by atoms with Crippen LogP contribution < -0.4 is 9.64 Å². The number of carbonyl (C=O) groups excluding carboxylic acids is 1. The van der Waals surface area contributed by atoms with Crippen molar-refractivity contribution in [3.63, 3.8) is 0 Å². The minimum Gasteiger partial charge on any atom is -0.484 e. The van der Waals surface area contributed by atoms with Crippen LogP contribution in [0.25, 0.3) is 0 Å². The van der Waals surface area contributed by atoms with E-state index >= 15 is 0 Å². The van der Waals surface area contributed by atoms with E-state index in [-0.39, 0.29) is 18.6 Å².